The van der Waals surface area contributed by atoms with Gasteiger partial charge in [0.2, 0.25) is 0 Å². The van der Waals surface area contributed by atoms with Crippen LogP contribution in [0.1, 0.15) is 110 Å². The Kier molecular flexibility index (Phi) is 8.54. The van der Waals surface area contributed by atoms with E-state index in [0.717, 1.165) is 36.3 Å². The molecule has 186 valence electrons. The standard InChI is InChI=1S/C25H42N4O4/c1-7-32-22(31)15-26-14-19(13-21(30)33-25(4,5)6)24-28-27-23(29(24)20-8-9-20)18-11-17(12-18)10-16(2)3/h16-20,26H,7-15H2,1-6H3/t17-,18+,19-/m1/s1. The minimum Gasteiger partial charge on any atom is -0.465 e. The van der Waals surface area contributed by atoms with Crippen molar-refractivity contribution < 1.29 is 19.1 Å². The van der Waals surface area contributed by atoms with Gasteiger partial charge in [-0.1, -0.05) is 13.8 Å². The lowest BCUT2D eigenvalue weighted by molar-refractivity contribution is -0.155. The van der Waals surface area contributed by atoms with Gasteiger partial charge in [0.1, 0.15) is 17.2 Å². The fourth-order valence-electron chi connectivity index (χ4n) is 4.78. The Morgan fingerprint density at radius 3 is 2.42 bits per heavy atom. The largest absolute Gasteiger partial charge is 0.465 e. The molecule has 2 aliphatic rings. The lowest BCUT2D eigenvalue weighted by Gasteiger charge is -2.36. The molecule has 0 saturated heterocycles. The molecule has 8 heteroatoms. The molecule has 1 aromatic rings. The third-order valence-electron chi connectivity index (χ3n) is 6.23. The minimum atomic E-state index is -0.549. The first kappa shape index (κ1) is 25.7. The summed E-state index contributed by atoms with van der Waals surface area (Å²) in [6.07, 6.45) is 6.03. The van der Waals surface area contributed by atoms with Crippen LogP contribution < -0.4 is 5.32 Å². The topological polar surface area (TPSA) is 95.3 Å². The maximum Gasteiger partial charge on any atom is 0.319 e. The molecule has 1 aromatic heterocycles. The van der Waals surface area contributed by atoms with Crippen LogP contribution in [0, 0.1) is 11.8 Å². The van der Waals surface area contributed by atoms with E-state index in [9.17, 15) is 9.59 Å². The van der Waals surface area contributed by atoms with Gasteiger partial charge >= 0.3 is 11.9 Å². The van der Waals surface area contributed by atoms with E-state index >= 15 is 0 Å². The molecule has 0 bridgehead atoms. The summed E-state index contributed by atoms with van der Waals surface area (Å²) in [6, 6.07) is 0.417. The summed E-state index contributed by atoms with van der Waals surface area (Å²) in [5, 5.41) is 12.4. The third kappa shape index (κ3) is 7.52. The quantitative estimate of drug-likeness (QED) is 0.467. The summed E-state index contributed by atoms with van der Waals surface area (Å²) in [4.78, 5) is 24.5. The Labute approximate surface area is 198 Å². The van der Waals surface area contributed by atoms with Crippen LogP contribution in [0.2, 0.25) is 0 Å². The van der Waals surface area contributed by atoms with Crippen molar-refractivity contribution >= 4 is 11.9 Å². The molecule has 2 aliphatic carbocycles. The molecule has 1 N–H and O–H groups in total. The zero-order valence-corrected chi connectivity index (χ0v) is 21.2. The van der Waals surface area contributed by atoms with Crippen molar-refractivity contribution in [3.05, 3.63) is 11.6 Å². The molecule has 8 nitrogen and oxygen atoms in total. The molecule has 3 rings (SSSR count). The Bertz CT molecular complexity index is 804. The van der Waals surface area contributed by atoms with Crippen molar-refractivity contribution in [3.63, 3.8) is 0 Å². The average molecular weight is 463 g/mol. The van der Waals surface area contributed by atoms with Gasteiger partial charge in [-0.3, -0.25) is 9.59 Å². The van der Waals surface area contributed by atoms with Crippen LogP contribution in [0.15, 0.2) is 0 Å². The molecule has 0 spiro atoms. The van der Waals surface area contributed by atoms with Gasteiger partial charge in [0.25, 0.3) is 0 Å². The Hall–Kier alpha value is -1.96. The molecular weight excluding hydrogens is 420 g/mol. The fourth-order valence-corrected chi connectivity index (χ4v) is 4.78. The molecule has 2 saturated carbocycles. The molecule has 2 fully saturated rings. The number of nitrogens with zero attached hydrogens (tertiary/aromatic N) is 3. The van der Waals surface area contributed by atoms with Gasteiger partial charge in [-0.15, -0.1) is 10.2 Å². The predicted octanol–water partition coefficient (Wildman–Crippen LogP) is 4.12. The second kappa shape index (κ2) is 11.0. The highest BCUT2D eigenvalue weighted by Crippen LogP contribution is 2.47. The molecule has 0 radical (unpaired) electrons. The van der Waals surface area contributed by atoms with Gasteiger partial charge < -0.3 is 19.4 Å². The summed E-state index contributed by atoms with van der Waals surface area (Å²) < 4.78 is 12.9. The molecule has 0 unspecified atom stereocenters. The van der Waals surface area contributed by atoms with E-state index in [-0.39, 0.29) is 30.8 Å². The maximum absolute atomic E-state index is 12.7. The zero-order chi connectivity index (χ0) is 24.2. The second-order valence-electron chi connectivity index (χ2n) is 11.1. The van der Waals surface area contributed by atoms with Crippen LogP contribution in [0.3, 0.4) is 0 Å². The maximum atomic E-state index is 12.7. The summed E-state index contributed by atoms with van der Waals surface area (Å²) in [5.74, 6) is 3.06. The lowest BCUT2D eigenvalue weighted by Crippen LogP contribution is -2.33. The summed E-state index contributed by atoms with van der Waals surface area (Å²) in [7, 11) is 0. The first-order chi connectivity index (χ1) is 15.6. The number of hydrogen-bond donors (Lipinski definition) is 1. The van der Waals surface area contributed by atoms with Crippen molar-refractivity contribution in [2.45, 2.75) is 104 Å². The van der Waals surface area contributed by atoms with Gasteiger partial charge in [0, 0.05) is 24.4 Å². The van der Waals surface area contributed by atoms with Crippen LogP contribution in [0.25, 0.3) is 0 Å². The monoisotopic (exact) mass is 462 g/mol. The minimum absolute atomic E-state index is 0.0998. The summed E-state index contributed by atoms with van der Waals surface area (Å²) in [6.45, 7) is 12.8. The summed E-state index contributed by atoms with van der Waals surface area (Å²) >= 11 is 0. The number of carbonyl (C=O) groups excluding carboxylic acids is 2. The van der Waals surface area contributed by atoms with Gasteiger partial charge in [0.05, 0.1) is 19.6 Å². The van der Waals surface area contributed by atoms with E-state index in [1.165, 1.54) is 19.3 Å². The predicted molar refractivity (Wildman–Crippen MR) is 126 cm³/mol. The first-order valence-corrected chi connectivity index (χ1v) is 12.6. The fraction of sp³-hybridized carbons (Fsp3) is 0.840. The van der Waals surface area contributed by atoms with Crippen molar-refractivity contribution in [1.29, 1.82) is 0 Å². The number of aromatic nitrogens is 3. The van der Waals surface area contributed by atoms with Gasteiger partial charge in [-0.05, 0) is 71.6 Å². The Balaban J connectivity index is 1.75. The molecule has 0 amide bonds. The molecule has 0 aromatic carbocycles. The van der Waals surface area contributed by atoms with Crippen LogP contribution in [0.4, 0.5) is 0 Å². The summed E-state index contributed by atoms with van der Waals surface area (Å²) in [5.41, 5.74) is -0.549. The van der Waals surface area contributed by atoms with Crippen LogP contribution in [0.5, 0.6) is 0 Å². The van der Waals surface area contributed by atoms with Crippen molar-refractivity contribution in [3.8, 4) is 0 Å². The highest BCUT2D eigenvalue weighted by atomic mass is 16.6. The average Bonchev–Trinajstić information content (AvgIpc) is 3.41. The van der Waals surface area contributed by atoms with Crippen molar-refractivity contribution in [2.75, 3.05) is 19.7 Å². The molecule has 1 atom stereocenters. The van der Waals surface area contributed by atoms with Gasteiger partial charge in [-0.2, -0.15) is 0 Å². The van der Waals surface area contributed by atoms with Crippen LogP contribution in [-0.4, -0.2) is 52.0 Å². The lowest BCUT2D eigenvalue weighted by atomic mass is 9.71. The van der Waals surface area contributed by atoms with E-state index in [1.54, 1.807) is 6.92 Å². The Morgan fingerprint density at radius 2 is 1.85 bits per heavy atom. The van der Waals surface area contributed by atoms with E-state index < -0.39 is 5.60 Å². The Morgan fingerprint density at radius 1 is 1.15 bits per heavy atom. The second-order valence-corrected chi connectivity index (χ2v) is 11.1. The number of carbonyl (C=O) groups is 2. The van der Waals surface area contributed by atoms with E-state index in [4.69, 9.17) is 9.47 Å². The SMILES string of the molecule is CCOC(=O)CNC[C@@H](CC(=O)OC(C)(C)C)c1nnc([C@H]2C[C@@H](CC(C)C)C2)n1C1CC1. The van der Waals surface area contributed by atoms with E-state index in [1.807, 2.05) is 20.8 Å². The van der Waals surface area contributed by atoms with Crippen molar-refractivity contribution in [2.24, 2.45) is 11.8 Å². The highest BCUT2D eigenvalue weighted by Gasteiger charge is 2.39. The number of hydrogen-bond acceptors (Lipinski definition) is 7. The van der Waals surface area contributed by atoms with Gasteiger partial charge in [0.15, 0.2) is 0 Å². The van der Waals surface area contributed by atoms with Crippen molar-refractivity contribution in [1.82, 2.24) is 20.1 Å². The first-order valence-electron chi connectivity index (χ1n) is 12.6. The normalized spacial score (nSPS) is 21.5. The van der Waals surface area contributed by atoms with E-state index in [0.29, 0.717) is 25.1 Å². The number of esters is 2. The third-order valence-corrected chi connectivity index (χ3v) is 6.23. The van der Waals surface area contributed by atoms with Crippen LogP contribution in [-0.2, 0) is 19.1 Å². The zero-order valence-electron chi connectivity index (χ0n) is 21.2. The number of rotatable bonds is 12. The molecule has 1 heterocycles. The van der Waals surface area contributed by atoms with E-state index in [2.05, 4.69) is 33.9 Å². The number of ether oxygens (including phenoxy) is 2. The molecular formula is C25H42N4O4. The van der Waals surface area contributed by atoms with Crippen LogP contribution >= 0.6 is 0 Å². The molecule has 0 aliphatic heterocycles. The molecule has 33 heavy (non-hydrogen) atoms. The smallest absolute Gasteiger partial charge is 0.319 e. The highest BCUT2D eigenvalue weighted by molar-refractivity contribution is 5.72. The van der Waals surface area contributed by atoms with Gasteiger partial charge in [-0.25, -0.2) is 0 Å². The number of nitrogens with one attached hydrogen (secondary N) is 1.